The van der Waals surface area contributed by atoms with Crippen molar-refractivity contribution in [2.45, 2.75) is 4.90 Å². The van der Waals surface area contributed by atoms with Crippen LogP contribution in [-0.4, -0.2) is 23.3 Å². The van der Waals surface area contributed by atoms with Gasteiger partial charge in [0, 0.05) is 10.6 Å². The SMILES string of the molecule is COc1ncnc(Nc2ccc(SC)cc2)c1N. The second-order valence-corrected chi connectivity index (χ2v) is 4.38. The van der Waals surface area contributed by atoms with Gasteiger partial charge in [-0.2, -0.15) is 4.98 Å². The summed E-state index contributed by atoms with van der Waals surface area (Å²) in [6.07, 6.45) is 3.45. The van der Waals surface area contributed by atoms with E-state index in [-0.39, 0.29) is 0 Å². The first kappa shape index (κ1) is 12.5. The van der Waals surface area contributed by atoms with Crippen molar-refractivity contribution in [2.75, 3.05) is 24.4 Å². The van der Waals surface area contributed by atoms with Crippen LogP contribution in [0.1, 0.15) is 0 Å². The van der Waals surface area contributed by atoms with Crippen LogP contribution in [-0.2, 0) is 0 Å². The summed E-state index contributed by atoms with van der Waals surface area (Å²) in [5.41, 5.74) is 7.20. The number of rotatable bonds is 4. The second kappa shape index (κ2) is 5.59. The van der Waals surface area contributed by atoms with Gasteiger partial charge >= 0.3 is 0 Å². The summed E-state index contributed by atoms with van der Waals surface area (Å²) in [5, 5.41) is 3.13. The first-order valence-corrected chi connectivity index (χ1v) is 6.52. The van der Waals surface area contributed by atoms with Gasteiger partial charge in [0.15, 0.2) is 5.82 Å². The summed E-state index contributed by atoms with van der Waals surface area (Å²) >= 11 is 1.69. The maximum absolute atomic E-state index is 5.88. The Labute approximate surface area is 110 Å². The lowest BCUT2D eigenvalue weighted by molar-refractivity contribution is 0.399. The van der Waals surface area contributed by atoms with Crippen LogP contribution >= 0.6 is 11.8 Å². The van der Waals surface area contributed by atoms with E-state index in [9.17, 15) is 0 Å². The molecule has 0 spiro atoms. The quantitative estimate of drug-likeness (QED) is 0.825. The first-order valence-electron chi connectivity index (χ1n) is 5.30. The molecule has 1 aromatic carbocycles. The van der Waals surface area contributed by atoms with Gasteiger partial charge in [-0.05, 0) is 30.5 Å². The third kappa shape index (κ3) is 2.65. The van der Waals surface area contributed by atoms with Gasteiger partial charge in [0.1, 0.15) is 12.0 Å². The Balaban J connectivity index is 2.22. The average molecular weight is 262 g/mol. The van der Waals surface area contributed by atoms with Crippen molar-refractivity contribution in [3.63, 3.8) is 0 Å². The molecule has 1 heterocycles. The number of benzene rings is 1. The zero-order valence-electron chi connectivity index (χ0n) is 10.2. The number of nitrogens with two attached hydrogens (primary N) is 1. The summed E-state index contributed by atoms with van der Waals surface area (Å²) in [7, 11) is 1.52. The minimum absolute atomic E-state index is 0.369. The lowest BCUT2D eigenvalue weighted by Crippen LogP contribution is -2.03. The summed E-state index contributed by atoms with van der Waals surface area (Å²) < 4.78 is 5.04. The molecule has 5 nitrogen and oxygen atoms in total. The molecule has 0 amide bonds. The predicted octanol–water partition coefficient (Wildman–Crippen LogP) is 2.53. The topological polar surface area (TPSA) is 73.1 Å². The summed E-state index contributed by atoms with van der Waals surface area (Å²) in [5.74, 6) is 0.909. The fourth-order valence-electron chi connectivity index (χ4n) is 1.45. The lowest BCUT2D eigenvalue weighted by Gasteiger charge is -2.10. The van der Waals surface area contributed by atoms with Crippen molar-refractivity contribution in [1.29, 1.82) is 0 Å². The van der Waals surface area contributed by atoms with Gasteiger partial charge in [-0.3, -0.25) is 0 Å². The number of methoxy groups -OCH3 is 1. The zero-order chi connectivity index (χ0) is 13.0. The van der Waals surface area contributed by atoms with E-state index in [2.05, 4.69) is 15.3 Å². The molecule has 0 atom stereocenters. The molecule has 0 saturated carbocycles. The number of hydrogen-bond donors (Lipinski definition) is 2. The van der Waals surface area contributed by atoms with Gasteiger partial charge in [0.2, 0.25) is 5.88 Å². The molecule has 0 bridgehead atoms. The molecule has 6 heteroatoms. The van der Waals surface area contributed by atoms with Gasteiger partial charge in [-0.15, -0.1) is 11.8 Å². The number of anilines is 3. The van der Waals surface area contributed by atoms with Crippen molar-refractivity contribution in [3.05, 3.63) is 30.6 Å². The molecule has 1 aromatic heterocycles. The van der Waals surface area contributed by atoms with E-state index in [4.69, 9.17) is 10.5 Å². The maximum Gasteiger partial charge on any atom is 0.242 e. The van der Waals surface area contributed by atoms with Crippen LogP contribution in [0.25, 0.3) is 0 Å². The van der Waals surface area contributed by atoms with E-state index < -0.39 is 0 Å². The molecule has 0 aliphatic carbocycles. The molecule has 0 radical (unpaired) electrons. The molecule has 2 rings (SSSR count). The van der Waals surface area contributed by atoms with Gasteiger partial charge < -0.3 is 15.8 Å². The Morgan fingerprint density at radius 2 is 1.94 bits per heavy atom. The van der Waals surface area contributed by atoms with Crippen molar-refractivity contribution < 1.29 is 4.74 Å². The Kier molecular flexibility index (Phi) is 3.88. The highest BCUT2D eigenvalue weighted by Gasteiger charge is 2.08. The number of thioether (sulfide) groups is 1. The van der Waals surface area contributed by atoms with Gasteiger partial charge in [-0.25, -0.2) is 4.98 Å². The monoisotopic (exact) mass is 262 g/mol. The van der Waals surface area contributed by atoms with Crippen LogP contribution in [0.2, 0.25) is 0 Å². The van der Waals surface area contributed by atoms with Crippen molar-refractivity contribution in [2.24, 2.45) is 0 Å². The third-order valence-electron chi connectivity index (χ3n) is 2.39. The Hall–Kier alpha value is -1.95. The second-order valence-electron chi connectivity index (χ2n) is 3.50. The van der Waals surface area contributed by atoms with E-state index in [1.807, 2.05) is 30.5 Å². The molecule has 0 saturated heterocycles. The molecule has 2 aromatic rings. The number of ether oxygens (including phenoxy) is 1. The molecule has 0 unspecified atom stereocenters. The van der Waals surface area contributed by atoms with Gasteiger partial charge in [0.25, 0.3) is 0 Å². The summed E-state index contributed by atoms with van der Waals surface area (Å²) in [6.45, 7) is 0. The van der Waals surface area contributed by atoms with Crippen LogP contribution in [0, 0.1) is 0 Å². The summed E-state index contributed by atoms with van der Waals surface area (Å²) in [6, 6.07) is 8.00. The fourth-order valence-corrected chi connectivity index (χ4v) is 1.86. The smallest absolute Gasteiger partial charge is 0.242 e. The highest BCUT2D eigenvalue weighted by atomic mass is 32.2. The Morgan fingerprint density at radius 3 is 2.56 bits per heavy atom. The summed E-state index contributed by atoms with van der Waals surface area (Å²) in [4.78, 5) is 9.22. The molecule has 3 N–H and O–H groups in total. The van der Waals surface area contributed by atoms with E-state index in [0.29, 0.717) is 17.4 Å². The predicted molar refractivity (Wildman–Crippen MR) is 74.5 cm³/mol. The maximum atomic E-state index is 5.88. The highest BCUT2D eigenvalue weighted by Crippen LogP contribution is 2.27. The van der Waals surface area contributed by atoms with E-state index in [0.717, 1.165) is 5.69 Å². The molecule has 94 valence electrons. The number of nitrogens with zero attached hydrogens (tertiary/aromatic N) is 2. The Bertz CT molecular complexity index is 530. The zero-order valence-corrected chi connectivity index (χ0v) is 11.0. The highest BCUT2D eigenvalue weighted by molar-refractivity contribution is 7.98. The normalized spacial score (nSPS) is 10.1. The molecular weight excluding hydrogens is 248 g/mol. The number of nitrogen functional groups attached to an aromatic ring is 1. The molecule has 0 aliphatic rings. The average Bonchev–Trinajstić information content (AvgIpc) is 2.42. The fraction of sp³-hybridized carbons (Fsp3) is 0.167. The van der Waals surface area contributed by atoms with Crippen molar-refractivity contribution in [3.8, 4) is 5.88 Å². The van der Waals surface area contributed by atoms with E-state index in [1.165, 1.54) is 18.3 Å². The molecule has 18 heavy (non-hydrogen) atoms. The molecule has 0 fully saturated rings. The number of aromatic nitrogens is 2. The molecule has 0 aliphatic heterocycles. The Morgan fingerprint density at radius 1 is 1.22 bits per heavy atom. The van der Waals surface area contributed by atoms with Crippen molar-refractivity contribution in [1.82, 2.24) is 9.97 Å². The molecular formula is C12H14N4OS. The van der Waals surface area contributed by atoms with Gasteiger partial charge in [0.05, 0.1) is 7.11 Å². The van der Waals surface area contributed by atoms with Crippen LogP contribution in [0.3, 0.4) is 0 Å². The number of nitrogens with one attached hydrogen (secondary N) is 1. The van der Waals surface area contributed by atoms with E-state index >= 15 is 0 Å². The third-order valence-corrected chi connectivity index (χ3v) is 3.14. The largest absolute Gasteiger partial charge is 0.479 e. The first-order chi connectivity index (χ1) is 8.74. The van der Waals surface area contributed by atoms with Gasteiger partial charge in [-0.1, -0.05) is 0 Å². The van der Waals surface area contributed by atoms with Crippen LogP contribution in [0.5, 0.6) is 5.88 Å². The van der Waals surface area contributed by atoms with E-state index in [1.54, 1.807) is 11.8 Å². The van der Waals surface area contributed by atoms with Crippen LogP contribution in [0.15, 0.2) is 35.5 Å². The lowest BCUT2D eigenvalue weighted by atomic mass is 10.3. The van der Waals surface area contributed by atoms with Crippen LogP contribution < -0.4 is 15.8 Å². The number of hydrogen-bond acceptors (Lipinski definition) is 6. The standard InChI is InChI=1S/C12H14N4OS/c1-17-12-10(13)11(14-7-15-12)16-8-3-5-9(18-2)6-4-8/h3-7H,13H2,1-2H3,(H,14,15,16). The van der Waals surface area contributed by atoms with Crippen molar-refractivity contribution >= 4 is 29.0 Å². The van der Waals surface area contributed by atoms with Crippen LogP contribution in [0.4, 0.5) is 17.2 Å². The minimum Gasteiger partial charge on any atom is -0.479 e. The minimum atomic E-state index is 0.369.